The van der Waals surface area contributed by atoms with Gasteiger partial charge in [-0.05, 0) is 60.2 Å². The Morgan fingerprint density at radius 2 is 1.75 bits per heavy atom. The van der Waals surface area contributed by atoms with E-state index in [1.807, 2.05) is 53.4 Å². The number of nitrogens with zero attached hydrogens (tertiary/aromatic N) is 4. The Labute approximate surface area is 186 Å². The first-order valence-electron chi connectivity index (χ1n) is 10.8. The summed E-state index contributed by atoms with van der Waals surface area (Å²) in [6.45, 7) is 5.76. The van der Waals surface area contributed by atoms with Crippen molar-refractivity contribution in [1.29, 1.82) is 0 Å². The quantitative estimate of drug-likeness (QED) is 0.519. The fourth-order valence-electron chi connectivity index (χ4n) is 4.00. The van der Waals surface area contributed by atoms with Gasteiger partial charge in [0.05, 0.1) is 16.9 Å². The summed E-state index contributed by atoms with van der Waals surface area (Å²) >= 11 is 0. The molecular formula is C25H25N5O2. The molecule has 1 fully saturated rings. The fraction of sp³-hybridized carbons (Fsp3) is 0.240. The number of carbonyl (C=O) groups excluding carboxylic acids is 1. The molecule has 1 amide bonds. The number of ether oxygens (including phenoxy) is 1. The van der Waals surface area contributed by atoms with Gasteiger partial charge in [0.2, 0.25) is 5.91 Å². The molecule has 0 spiro atoms. The lowest BCUT2D eigenvalue weighted by Crippen LogP contribution is -2.47. The number of aromatic nitrogens is 3. The Bertz CT molecular complexity index is 1210. The number of rotatable bonds is 5. The van der Waals surface area contributed by atoms with Crippen molar-refractivity contribution in [2.45, 2.75) is 13.5 Å². The van der Waals surface area contributed by atoms with Crippen molar-refractivity contribution in [3.63, 3.8) is 0 Å². The summed E-state index contributed by atoms with van der Waals surface area (Å²) in [5.74, 6) is 1.71. The Morgan fingerprint density at radius 3 is 2.47 bits per heavy atom. The number of benzene rings is 2. The van der Waals surface area contributed by atoms with Crippen molar-refractivity contribution in [3.05, 3.63) is 72.6 Å². The van der Waals surface area contributed by atoms with Crippen molar-refractivity contribution in [1.82, 2.24) is 25.0 Å². The maximum absolute atomic E-state index is 11.5. The fourth-order valence-corrected chi connectivity index (χ4v) is 4.00. The number of hydrogen-bond donors (Lipinski definition) is 1. The van der Waals surface area contributed by atoms with E-state index in [1.165, 1.54) is 0 Å². The minimum Gasteiger partial charge on any atom is -0.457 e. The van der Waals surface area contributed by atoms with Gasteiger partial charge in [-0.2, -0.15) is 5.10 Å². The van der Waals surface area contributed by atoms with E-state index < -0.39 is 0 Å². The number of amides is 1. The van der Waals surface area contributed by atoms with Gasteiger partial charge in [-0.15, -0.1) is 0 Å². The number of aromatic amines is 1. The zero-order chi connectivity index (χ0) is 21.9. The Balaban J connectivity index is 1.24. The maximum Gasteiger partial charge on any atom is 0.219 e. The smallest absolute Gasteiger partial charge is 0.219 e. The number of fused-ring (bicyclic) bond motifs is 1. The van der Waals surface area contributed by atoms with Crippen molar-refractivity contribution in [2.75, 3.05) is 26.2 Å². The van der Waals surface area contributed by atoms with Crippen LogP contribution in [0.15, 0.2) is 66.9 Å². The van der Waals surface area contributed by atoms with E-state index in [0.717, 1.165) is 72.1 Å². The zero-order valence-corrected chi connectivity index (χ0v) is 18.0. The molecule has 0 atom stereocenters. The minimum atomic E-state index is 0.153. The van der Waals surface area contributed by atoms with Crippen LogP contribution in [0.5, 0.6) is 11.5 Å². The number of H-pyrrole nitrogens is 1. The second kappa shape index (κ2) is 8.80. The lowest BCUT2D eigenvalue weighted by molar-refractivity contribution is -0.130. The van der Waals surface area contributed by atoms with E-state index in [4.69, 9.17) is 9.72 Å². The van der Waals surface area contributed by atoms with E-state index in [1.54, 1.807) is 13.1 Å². The molecule has 7 heteroatoms. The first kappa shape index (κ1) is 20.2. The summed E-state index contributed by atoms with van der Waals surface area (Å²) in [4.78, 5) is 20.6. The van der Waals surface area contributed by atoms with Gasteiger partial charge in [-0.3, -0.25) is 19.8 Å². The largest absolute Gasteiger partial charge is 0.457 e. The molecule has 1 saturated heterocycles. The highest BCUT2D eigenvalue weighted by Gasteiger charge is 2.18. The van der Waals surface area contributed by atoms with Crippen LogP contribution in [0.1, 0.15) is 12.6 Å². The lowest BCUT2D eigenvalue weighted by atomic mass is 10.1. The van der Waals surface area contributed by atoms with Crippen LogP contribution < -0.4 is 4.74 Å². The van der Waals surface area contributed by atoms with Gasteiger partial charge in [-0.1, -0.05) is 6.07 Å². The highest BCUT2D eigenvalue weighted by atomic mass is 16.5. The van der Waals surface area contributed by atoms with Crippen LogP contribution in [0.2, 0.25) is 0 Å². The summed E-state index contributed by atoms with van der Waals surface area (Å²) < 4.78 is 6.05. The molecule has 4 aromatic rings. The van der Waals surface area contributed by atoms with Gasteiger partial charge in [0, 0.05) is 51.2 Å². The van der Waals surface area contributed by atoms with Gasteiger partial charge in [-0.25, -0.2) is 0 Å². The number of carbonyl (C=O) groups is 1. The Hall–Kier alpha value is -3.71. The molecule has 1 N–H and O–H groups in total. The lowest BCUT2D eigenvalue weighted by Gasteiger charge is -2.33. The van der Waals surface area contributed by atoms with E-state index in [2.05, 4.69) is 27.2 Å². The monoisotopic (exact) mass is 427 g/mol. The molecule has 0 unspecified atom stereocenters. The third-order valence-corrected chi connectivity index (χ3v) is 5.82. The van der Waals surface area contributed by atoms with Crippen LogP contribution in [-0.4, -0.2) is 57.1 Å². The SMILES string of the molecule is CC(=O)N1CCN(Cc2ccc3cc(Oc4ccc(-c5ccn[nH]5)cc4)ccc3n2)CC1. The van der Waals surface area contributed by atoms with Gasteiger partial charge in [0.25, 0.3) is 0 Å². The average molecular weight is 428 g/mol. The Morgan fingerprint density at radius 1 is 0.969 bits per heavy atom. The zero-order valence-electron chi connectivity index (χ0n) is 18.0. The number of piperazine rings is 1. The van der Waals surface area contributed by atoms with Crippen molar-refractivity contribution < 1.29 is 9.53 Å². The van der Waals surface area contributed by atoms with Crippen LogP contribution in [0.3, 0.4) is 0 Å². The Kier molecular flexibility index (Phi) is 5.56. The predicted molar refractivity (Wildman–Crippen MR) is 123 cm³/mol. The van der Waals surface area contributed by atoms with Crippen LogP contribution in [0.25, 0.3) is 22.2 Å². The molecule has 0 bridgehead atoms. The van der Waals surface area contributed by atoms with Crippen LogP contribution in [0, 0.1) is 0 Å². The molecule has 0 radical (unpaired) electrons. The second-order valence-electron chi connectivity index (χ2n) is 8.04. The summed E-state index contributed by atoms with van der Waals surface area (Å²) in [6.07, 6.45) is 1.74. The van der Waals surface area contributed by atoms with E-state index in [0.29, 0.717) is 0 Å². The maximum atomic E-state index is 11.5. The van der Waals surface area contributed by atoms with Crippen LogP contribution in [-0.2, 0) is 11.3 Å². The van der Waals surface area contributed by atoms with Crippen LogP contribution >= 0.6 is 0 Å². The van der Waals surface area contributed by atoms with E-state index >= 15 is 0 Å². The first-order chi connectivity index (χ1) is 15.6. The van der Waals surface area contributed by atoms with Gasteiger partial charge in [0.15, 0.2) is 0 Å². The van der Waals surface area contributed by atoms with Crippen LogP contribution in [0.4, 0.5) is 0 Å². The highest BCUT2D eigenvalue weighted by Crippen LogP contribution is 2.27. The highest BCUT2D eigenvalue weighted by molar-refractivity contribution is 5.80. The third-order valence-electron chi connectivity index (χ3n) is 5.82. The molecular weight excluding hydrogens is 402 g/mol. The summed E-state index contributed by atoms with van der Waals surface area (Å²) in [6, 6.07) is 20.0. The molecule has 1 aliphatic heterocycles. The molecule has 3 heterocycles. The molecule has 162 valence electrons. The molecule has 7 nitrogen and oxygen atoms in total. The molecule has 32 heavy (non-hydrogen) atoms. The number of hydrogen-bond acceptors (Lipinski definition) is 5. The molecule has 1 aliphatic rings. The van der Waals surface area contributed by atoms with Crippen molar-refractivity contribution >= 4 is 16.8 Å². The van der Waals surface area contributed by atoms with Gasteiger partial charge >= 0.3 is 0 Å². The number of nitrogens with one attached hydrogen (secondary N) is 1. The van der Waals surface area contributed by atoms with E-state index in [-0.39, 0.29) is 5.91 Å². The third kappa shape index (κ3) is 4.48. The molecule has 2 aromatic heterocycles. The summed E-state index contributed by atoms with van der Waals surface area (Å²) in [5, 5.41) is 7.99. The predicted octanol–water partition coefficient (Wildman–Crippen LogP) is 4.08. The minimum absolute atomic E-state index is 0.153. The summed E-state index contributed by atoms with van der Waals surface area (Å²) in [7, 11) is 0. The topological polar surface area (TPSA) is 74.3 Å². The molecule has 2 aromatic carbocycles. The van der Waals surface area contributed by atoms with E-state index in [9.17, 15) is 4.79 Å². The van der Waals surface area contributed by atoms with Gasteiger partial charge in [0.1, 0.15) is 11.5 Å². The summed E-state index contributed by atoms with van der Waals surface area (Å²) in [5.41, 5.74) is 4.03. The van der Waals surface area contributed by atoms with Gasteiger partial charge < -0.3 is 9.64 Å². The molecule has 0 aliphatic carbocycles. The average Bonchev–Trinajstić information content (AvgIpc) is 3.35. The molecule has 0 saturated carbocycles. The van der Waals surface area contributed by atoms with Crippen molar-refractivity contribution in [2.24, 2.45) is 0 Å². The number of pyridine rings is 1. The normalized spacial score (nSPS) is 14.6. The second-order valence-corrected chi connectivity index (χ2v) is 8.04. The first-order valence-corrected chi connectivity index (χ1v) is 10.8. The van der Waals surface area contributed by atoms with Crippen molar-refractivity contribution in [3.8, 4) is 22.8 Å². The standard InChI is InChI=1S/C25H25N5O2/c1-18(31)30-14-12-29(13-15-30)17-21-5-2-20-16-23(8-9-24(20)27-21)32-22-6-3-19(4-7-22)25-10-11-26-28-25/h2-11,16H,12-15,17H2,1H3,(H,26,28). The molecule has 5 rings (SSSR count).